The van der Waals surface area contributed by atoms with Crippen LogP contribution in [0.2, 0.25) is 0 Å². The number of thioether (sulfide) groups is 1. The Morgan fingerprint density at radius 3 is 2.39 bits per heavy atom. The number of thiocarbonyl (C=S) groups is 1. The van der Waals surface area contributed by atoms with Gasteiger partial charge >= 0.3 is 0 Å². The summed E-state index contributed by atoms with van der Waals surface area (Å²) in [5.74, 6) is -0.157. The number of carbonyl (C=O) groups is 2. The minimum Gasteiger partial charge on any atom is -0.332 e. The van der Waals surface area contributed by atoms with Crippen LogP contribution in [0.4, 0.5) is 16.4 Å². The highest BCUT2D eigenvalue weighted by atomic mass is 32.2. The van der Waals surface area contributed by atoms with Crippen molar-refractivity contribution in [2.24, 2.45) is 0 Å². The Balaban J connectivity index is 1.31. The smallest absolute Gasteiger partial charge is 0.243 e. The first kappa shape index (κ1) is 28.6. The highest BCUT2D eigenvalue weighted by Gasteiger charge is 2.26. The number of nitrogens with one attached hydrogen (secondary N) is 3. The second-order valence-electron chi connectivity index (χ2n) is 9.67. The molecule has 3 aromatic carbocycles. The summed E-state index contributed by atoms with van der Waals surface area (Å²) in [6.45, 7) is 1.53. The molecule has 1 amide bonds. The molecule has 1 aliphatic carbocycles. The maximum atomic E-state index is 13.7. The number of ketones is 1. The van der Waals surface area contributed by atoms with Gasteiger partial charge in [-0.1, -0.05) is 36.4 Å². The van der Waals surface area contributed by atoms with Crippen LogP contribution < -0.4 is 16.0 Å². The fraction of sp³-hybridized carbons (Fsp3) is 0.188. The molecule has 1 aromatic heterocycles. The van der Waals surface area contributed by atoms with E-state index in [0.717, 1.165) is 53.1 Å². The van der Waals surface area contributed by atoms with Crippen molar-refractivity contribution in [3.05, 3.63) is 106 Å². The first-order valence-corrected chi connectivity index (χ1v) is 15.4. The monoisotopic (exact) mass is 596 g/mol. The van der Waals surface area contributed by atoms with Crippen molar-refractivity contribution in [1.82, 2.24) is 0 Å². The van der Waals surface area contributed by atoms with Crippen molar-refractivity contribution >= 4 is 68.5 Å². The summed E-state index contributed by atoms with van der Waals surface area (Å²) in [5, 5.41) is 19.8. The number of amides is 1. The lowest BCUT2D eigenvalue weighted by molar-refractivity contribution is -0.115. The summed E-state index contributed by atoms with van der Waals surface area (Å²) in [5.41, 5.74) is 4.76. The fourth-order valence-electron chi connectivity index (χ4n) is 4.72. The minimum absolute atomic E-state index is 0.00840. The van der Waals surface area contributed by atoms with E-state index in [1.807, 2.05) is 66.7 Å². The Hall–Kier alpha value is -3.97. The highest BCUT2D eigenvalue weighted by Crippen LogP contribution is 2.41. The average Bonchev–Trinajstić information content (AvgIpc) is 3.33. The predicted octanol–water partition coefficient (Wildman–Crippen LogP) is 7.98. The van der Waals surface area contributed by atoms with Crippen molar-refractivity contribution in [3.63, 3.8) is 0 Å². The number of anilines is 3. The molecule has 1 aliphatic rings. The Morgan fingerprint density at radius 1 is 0.927 bits per heavy atom. The Morgan fingerprint density at radius 2 is 1.66 bits per heavy atom. The van der Waals surface area contributed by atoms with E-state index in [0.29, 0.717) is 21.2 Å². The van der Waals surface area contributed by atoms with Gasteiger partial charge in [0.25, 0.3) is 0 Å². The van der Waals surface area contributed by atoms with E-state index in [1.54, 1.807) is 12.1 Å². The zero-order chi connectivity index (χ0) is 28.8. The lowest BCUT2D eigenvalue weighted by atomic mass is 9.96. The van der Waals surface area contributed by atoms with Gasteiger partial charge < -0.3 is 16.0 Å². The fourth-order valence-corrected chi connectivity index (χ4v) is 7.28. The zero-order valence-corrected chi connectivity index (χ0v) is 24.8. The number of thiophene rings is 1. The van der Waals surface area contributed by atoms with Crippen molar-refractivity contribution in [1.29, 1.82) is 5.26 Å². The molecule has 1 atom stereocenters. The Bertz CT molecular complexity index is 1630. The second kappa shape index (κ2) is 13.1. The lowest BCUT2D eigenvalue weighted by Gasteiger charge is -2.18. The van der Waals surface area contributed by atoms with E-state index < -0.39 is 5.25 Å². The average molecular weight is 597 g/mol. The molecule has 4 aromatic rings. The number of benzene rings is 3. The summed E-state index contributed by atoms with van der Waals surface area (Å²) in [6, 6.07) is 26.8. The Labute approximate surface area is 253 Å². The zero-order valence-electron chi connectivity index (χ0n) is 22.4. The van der Waals surface area contributed by atoms with Crippen LogP contribution in [0.1, 0.15) is 56.9 Å². The predicted molar refractivity (Wildman–Crippen MR) is 172 cm³/mol. The van der Waals surface area contributed by atoms with Crippen molar-refractivity contribution in [2.75, 3.05) is 16.0 Å². The molecule has 0 spiro atoms. The third-order valence-corrected chi connectivity index (χ3v) is 9.41. The first-order chi connectivity index (χ1) is 19.9. The third-order valence-electron chi connectivity index (χ3n) is 6.76. The van der Waals surface area contributed by atoms with Gasteiger partial charge in [-0.05, 0) is 98.4 Å². The van der Waals surface area contributed by atoms with Crippen molar-refractivity contribution < 1.29 is 9.59 Å². The molecule has 0 fully saturated rings. The lowest BCUT2D eigenvalue weighted by Crippen LogP contribution is -2.19. The number of fused-ring (bicyclic) bond motifs is 1. The van der Waals surface area contributed by atoms with Gasteiger partial charge in [-0.25, -0.2) is 0 Å². The molecule has 5 rings (SSSR count). The summed E-state index contributed by atoms with van der Waals surface area (Å²) in [6.07, 6.45) is 4.04. The van der Waals surface area contributed by atoms with Crippen LogP contribution in [0.25, 0.3) is 0 Å². The number of nitriles is 1. The molecule has 0 aliphatic heterocycles. The van der Waals surface area contributed by atoms with Crippen LogP contribution in [-0.2, 0) is 17.6 Å². The van der Waals surface area contributed by atoms with Crippen LogP contribution in [0.3, 0.4) is 0 Å². The third kappa shape index (κ3) is 7.03. The van der Waals surface area contributed by atoms with Crippen LogP contribution in [0, 0.1) is 11.3 Å². The summed E-state index contributed by atoms with van der Waals surface area (Å²) in [7, 11) is 0. The molecule has 6 nitrogen and oxygen atoms in total. The molecule has 3 N–H and O–H groups in total. The van der Waals surface area contributed by atoms with Crippen LogP contribution in [0.15, 0.2) is 83.8 Å². The number of hydrogen-bond donors (Lipinski definition) is 3. The molecule has 0 saturated carbocycles. The molecule has 0 radical (unpaired) electrons. The molecule has 0 bridgehead atoms. The van der Waals surface area contributed by atoms with Crippen LogP contribution in [0.5, 0.6) is 0 Å². The first-order valence-electron chi connectivity index (χ1n) is 13.3. The van der Waals surface area contributed by atoms with Gasteiger partial charge in [0.15, 0.2) is 10.9 Å². The summed E-state index contributed by atoms with van der Waals surface area (Å²) >= 11 is 8.47. The standard InChI is InChI=1S/C32H28N4O2S3/c1-20(37)21-14-16-23(17-15-21)34-32(39)35-24-10-7-11-25(18-24)40-29(22-8-3-2-4-9-22)30(38)36-31-27(19-33)26-12-5-6-13-28(26)41-31/h2-4,7-11,14-18,29H,5-6,12-13H2,1H3,(H,36,38)(H2,34,35,39). The van der Waals surface area contributed by atoms with E-state index in [2.05, 4.69) is 22.0 Å². The number of hydrogen-bond acceptors (Lipinski definition) is 6. The van der Waals surface area contributed by atoms with E-state index in [4.69, 9.17) is 12.2 Å². The number of rotatable bonds is 8. The van der Waals surface area contributed by atoms with E-state index in [9.17, 15) is 14.9 Å². The van der Waals surface area contributed by atoms with Gasteiger partial charge in [0, 0.05) is 26.7 Å². The van der Waals surface area contributed by atoms with Crippen LogP contribution >= 0.6 is 35.3 Å². The van der Waals surface area contributed by atoms with E-state index in [1.165, 1.54) is 34.9 Å². The van der Waals surface area contributed by atoms with Gasteiger partial charge in [0.1, 0.15) is 16.3 Å². The second-order valence-corrected chi connectivity index (χ2v) is 12.4. The molecule has 1 unspecified atom stereocenters. The van der Waals surface area contributed by atoms with Crippen molar-refractivity contribution in [3.8, 4) is 6.07 Å². The molecular formula is C32H28N4O2S3. The van der Waals surface area contributed by atoms with Gasteiger partial charge in [0.05, 0.1) is 5.56 Å². The maximum Gasteiger partial charge on any atom is 0.243 e. The topological polar surface area (TPSA) is 94.0 Å². The van der Waals surface area contributed by atoms with Gasteiger partial charge in [-0.2, -0.15) is 5.26 Å². The molecule has 9 heteroatoms. The van der Waals surface area contributed by atoms with Gasteiger partial charge in [0.2, 0.25) is 5.91 Å². The molecule has 206 valence electrons. The number of Topliss-reactive ketones (excluding diaryl/α,β-unsaturated/α-hetero) is 1. The largest absolute Gasteiger partial charge is 0.332 e. The van der Waals surface area contributed by atoms with E-state index >= 15 is 0 Å². The number of aryl methyl sites for hydroxylation is 1. The molecule has 1 heterocycles. The Kier molecular flexibility index (Phi) is 9.14. The number of nitrogens with zero attached hydrogens (tertiary/aromatic N) is 1. The van der Waals surface area contributed by atoms with Gasteiger partial charge in [-0.3, -0.25) is 9.59 Å². The minimum atomic E-state index is -0.526. The number of carbonyl (C=O) groups excluding carboxylic acids is 2. The van der Waals surface area contributed by atoms with E-state index in [-0.39, 0.29) is 11.7 Å². The maximum absolute atomic E-state index is 13.7. The van der Waals surface area contributed by atoms with Gasteiger partial charge in [-0.15, -0.1) is 23.1 Å². The highest BCUT2D eigenvalue weighted by molar-refractivity contribution is 8.00. The molecule has 41 heavy (non-hydrogen) atoms. The summed E-state index contributed by atoms with van der Waals surface area (Å²) < 4.78 is 0. The summed E-state index contributed by atoms with van der Waals surface area (Å²) in [4.78, 5) is 27.4. The van der Waals surface area contributed by atoms with Crippen LogP contribution in [-0.4, -0.2) is 16.8 Å². The quantitative estimate of drug-likeness (QED) is 0.108. The van der Waals surface area contributed by atoms with Crippen molar-refractivity contribution in [2.45, 2.75) is 42.8 Å². The normalized spacial score (nSPS) is 12.9. The SMILES string of the molecule is CC(=O)c1ccc(NC(=S)Nc2cccc(SC(C(=O)Nc3sc4c(c3C#N)CCCC4)c3ccccc3)c2)cc1. The molecule has 0 saturated heterocycles. The molecular weight excluding hydrogens is 569 g/mol.